The van der Waals surface area contributed by atoms with Gasteiger partial charge in [0.2, 0.25) is 0 Å². The van der Waals surface area contributed by atoms with Crippen LogP contribution in [0.2, 0.25) is 0 Å². The molecule has 1 atom stereocenters. The third-order valence-electron chi connectivity index (χ3n) is 1.98. The Morgan fingerprint density at radius 1 is 1.50 bits per heavy atom. The van der Waals surface area contributed by atoms with Crippen molar-refractivity contribution in [3.8, 4) is 5.75 Å². The van der Waals surface area contributed by atoms with E-state index >= 15 is 0 Å². The van der Waals surface area contributed by atoms with Crippen LogP contribution in [-0.4, -0.2) is 27.5 Å². The van der Waals surface area contributed by atoms with Gasteiger partial charge in [0.25, 0.3) is 0 Å². The molecule has 90 valence electrons. The van der Waals surface area contributed by atoms with Crippen molar-refractivity contribution in [1.29, 1.82) is 0 Å². The van der Waals surface area contributed by atoms with Gasteiger partial charge in [-0.05, 0) is 18.2 Å². The maximum Gasteiger partial charge on any atom is 0.149 e. The molecule has 0 bridgehead atoms. The van der Waals surface area contributed by atoms with Crippen molar-refractivity contribution in [2.75, 3.05) is 19.1 Å². The molecule has 0 aromatic heterocycles. The summed E-state index contributed by atoms with van der Waals surface area (Å²) in [7, 11) is -1.80. The topological polar surface area (TPSA) is 43.4 Å². The Balaban J connectivity index is 3.06. The van der Waals surface area contributed by atoms with Crippen LogP contribution in [-0.2, 0) is 9.84 Å². The van der Waals surface area contributed by atoms with Crippen molar-refractivity contribution in [3.63, 3.8) is 0 Å². The van der Waals surface area contributed by atoms with E-state index in [-0.39, 0.29) is 5.75 Å². The maximum absolute atomic E-state index is 13.0. The first kappa shape index (κ1) is 13.3. The average Bonchev–Trinajstić information content (AvgIpc) is 2.15. The largest absolute Gasteiger partial charge is 0.496 e. The van der Waals surface area contributed by atoms with E-state index in [9.17, 15) is 12.8 Å². The van der Waals surface area contributed by atoms with E-state index in [1.54, 1.807) is 0 Å². The summed E-state index contributed by atoms with van der Waals surface area (Å²) >= 11 is 5.92. The first-order chi connectivity index (χ1) is 7.33. The maximum atomic E-state index is 13.0. The fraction of sp³-hybridized carbons (Fsp3) is 0.400. The lowest BCUT2D eigenvalue weighted by Gasteiger charge is -2.13. The van der Waals surface area contributed by atoms with Gasteiger partial charge in [-0.3, -0.25) is 0 Å². The van der Waals surface area contributed by atoms with Crippen molar-refractivity contribution < 1.29 is 17.5 Å². The van der Waals surface area contributed by atoms with Crippen LogP contribution in [0.1, 0.15) is 10.9 Å². The van der Waals surface area contributed by atoms with E-state index < -0.39 is 21.0 Å². The second-order valence-corrected chi connectivity index (χ2v) is 6.16. The van der Waals surface area contributed by atoms with Gasteiger partial charge in [0, 0.05) is 11.8 Å². The number of hydrogen-bond acceptors (Lipinski definition) is 3. The molecule has 1 aromatic rings. The van der Waals surface area contributed by atoms with Crippen LogP contribution in [0.15, 0.2) is 18.2 Å². The van der Waals surface area contributed by atoms with Crippen LogP contribution in [0.25, 0.3) is 0 Å². The molecule has 1 unspecified atom stereocenters. The number of methoxy groups -OCH3 is 1. The molecule has 1 rings (SSSR count). The van der Waals surface area contributed by atoms with Gasteiger partial charge in [0.15, 0.2) is 0 Å². The van der Waals surface area contributed by atoms with Crippen LogP contribution in [0.3, 0.4) is 0 Å². The molecule has 0 N–H and O–H groups in total. The predicted molar refractivity (Wildman–Crippen MR) is 61.3 cm³/mol. The minimum Gasteiger partial charge on any atom is -0.496 e. The molecule has 0 amide bonds. The number of sulfone groups is 1. The third kappa shape index (κ3) is 3.64. The van der Waals surface area contributed by atoms with E-state index in [1.165, 1.54) is 25.3 Å². The lowest BCUT2D eigenvalue weighted by atomic mass is 10.1. The van der Waals surface area contributed by atoms with Crippen molar-refractivity contribution in [1.82, 2.24) is 0 Å². The van der Waals surface area contributed by atoms with E-state index in [4.69, 9.17) is 16.3 Å². The molecular weight excluding hydrogens is 255 g/mol. The Hall–Kier alpha value is -0.810. The van der Waals surface area contributed by atoms with Crippen LogP contribution in [0.4, 0.5) is 4.39 Å². The molecule has 6 heteroatoms. The molecule has 1 aromatic carbocycles. The van der Waals surface area contributed by atoms with Crippen LogP contribution < -0.4 is 4.74 Å². The van der Waals surface area contributed by atoms with Gasteiger partial charge in [-0.2, -0.15) is 0 Å². The molecule has 0 aliphatic carbocycles. The lowest BCUT2D eigenvalue weighted by molar-refractivity contribution is 0.408. The van der Waals surface area contributed by atoms with Gasteiger partial charge in [0.05, 0.1) is 18.2 Å². The molecule has 0 spiro atoms. The van der Waals surface area contributed by atoms with Crippen molar-refractivity contribution >= 4 is 21.4 Å². The van der Waals surface area contributed by atoms with Gasteiger partial charge in [-0.15, -0.1) is 11.6 Å². The monoisotopic (exact) mass is 266 g/mol. The van der Waals surface area contributed by atoms with Gasteiger partial charge in [-0.1, -0.05) is 0 Å². The average molecular weight is 267 g/mol. The second kappa shape index (κ2) is 5.01. The quantitative estimate of drug-likeness (QED) is 0.785. The van der Waals surface area contributed by atoms with Gasteiger partial charge >= 0.3 is 0 Å². The standard InChI is InChI=1S/C10H12ClFO3S/c1-15-10-4-3-7(12)5-8(10)9(11)6-16(2,13)14/h3-5,9H,6H2,1-2H3. The fourth-order valence-corrected chi connectivity index (χ4v) is 2.87. The summed E-state index contributed by atoms with van der Waals surface area (Å²) in [6.07, 6.45) is 1.08. The zero-order valence-corrected chi connectivity index (χ0v) is 10.5. The summed E-state index contributed by atoms with van der Waals surface area (Å²) in [4.78, 5) is 0. The predicted octanol–water partition coefficient (Wildman–Crippen LogP) is 2.16. The number of ether oxygens (including phenoxy) is 1. The number of rotatable bonds is 4. The summed E-state index contributed by atoms with van der Waals surface area (Å²) in [6, 6.07) is 3.83. The van der Waals surface area contributed by atoms with Gasteiger partial charge in [0.1, 0.15) is 21.4 Å². The fourth-order valence-electron chi connectivity index (χ4n) is 1.31. The minimum absolute atomic E-state index is 0.256. The molecule has 16 heavy (non-hydrogen) atoms. The van der Waals surface area contributed by atoms with E-state index in [0.29, 0.717) is 11.3 Å². The van der Waals surface area contributed by atoms with Crippen molar-refractivity contribution in [3.05, 3.63) is 29.6 Å². The zero-order valence-electron chi connectivity index (χ0n) is 8.91. The van der Waals surface area contributed by atoms with Crippen LogP contribution in [0.5, 0.6) is 5.75 Å². The molecule has 0 aliphatic heterocycles. The van der Waals surface area contributed by atoms with Gasteiger partial charge in [-0.25, -0.2) is 12.8 Å². The number of halogens is 2. The smallest absolute Gasteiger partial charge is 0.149 e. The summed E-state index contributed by atoms with van der Waals surface area (Å²) in [5.74, 6) is -0.353. The molecule has 0 saturated heterocycles. The molecule has 0 aliphatic rings. The molecule has 3 nitrogen and oxygen atoms in total. The molecular formula is C10H12ClFO3S. The van der Waals surface area contributed by atoms with E-state index in [1.807, 2.05) is 0 Å². The Morgan fingerprint density at radius 3 is 2.62 bits per heavy atom. The normalized spacial score (nSPS) is 13.5. The molecule has 0 fully saturated rings. The molecule has 0 saturated carbocycles. The summed E-state index contributed by atoms with van der Waals surface area (Å²) in [5, 5.41) is -0.819. The minimum atomic E-state index is -3.22. The first-order valence-electron chi connectivity index (χ1n) is 4.48. The first-order valence-corrected chi connectivity index (χ1v) is 6.98. The summed E-state index contributed by atoms with van der Waals surface area (Å²) in [5.41, 5.74) is 0.342. The summed E-state index contributed by atoms with van der Waals surface area (Å²) in [6.45, 7) is 0. The number of benzene rings is 1. The Morgan fingerprint density at radius 2 is 2.12 bits per heavy atom. The SMILES string of the molecule is COc1ccc(F)cc1C(Cl)CS(C)(=O)=O. The van der Waals surface area contributed by atoms with Crippen LogP contribution >= 0.6 is 11.6 Å². The van der Waals surface area contributed by atoms with Gasteiger partial charge < -0.3 is 4.74 Å². The highest BCUT2D eigenvalue weighted by molar-refractivity contribution is 7.90. The highest BCUT2D eigenvalue weighted by Crippen LogP contribution is 2.31. The molecule has 0 heterocycles. The van der Waals surface area contributed by atoms with Crippen molar-refractivity contribution in [2.24, 2.45) is 0 Å². The van der Waals surface area contributed by atoms with Crippen molar-refractivity contribution in [2.45, 2.75) is 5.38 Å². The van der Waals surface area contributed by atoms with E-state index in [2.05, 4.69) is 0 Å². The third-order valence-corrected chi connectivity index (χ3v) is 3.49. The summed E-state index contributed by atoms with van der Waals surface area (Å²) < 4.78 is 40.2. The number of alkyl halides is 1. The highest BCUT2D eigenvalue weighted by Gasteiger charge is 2.19. The van der Waals surface area contributed by atoms with E-state index in [0.717, 1.165) is 6.26 Å². The Kier molecular flexibility index (Phi) is 4.15. The highest BCUT2D eigenvalue weighted by atomic mass is 35.5. The Labute approximate surface area is 99.1 Å². The molecule has 0 radical (unpaired) electrons. The second-order valence-electron chi connectivity index (χ2n) is 3.45. The number of hydrogen-bond donors (Lipinski definition) is 0. The lowest BCUT2D eigenvalue weighted by Crippen LogP contribution is -2.10. The Bertz CT molecular complexity index is 473. The zero-order chi connectivity index (χ0) is 12.3. The van der Waals surface area contributed by atoms with Crippen LogP contribution in [0, 0.1) is 5.82 Å².